The monoisotopic (exact) mass is 176 g/mol. The van der Waals surface area contributed by atoms with E-state index in [1.807, 2.05) is 12.3 Å². The molecule has 0 radical (unpaired) electrons. The summed E-state index contributed by atoms with van der Waals surface area (Å²) in [7, 11) is 0. The molecule has 0 saturated carbocycles. The molecule has 1 aliphatic heterocycles. The minimum Gasteiger partial charge on any atom is -0.313 e. The van der Waals surface area contributed by atoms with E-state index >= 15 is 0 Å². The molecule has 2 rings (SSSR count). The van der Waals surface area contributed by atoms with Gasteiger partial charge in [0.15, 0.2) is 0 Å². The van der Waals surface area contributed by atoms with Crippen molar-refractivity contribution in [1.82, 2.24) is 10.3 Å². The van der Waals surface area contributed by atoms with Crippen LogP contribution in [0, 0.1) is 0 Å². The number of rotatable bonds is 2. The van der Waals surface area contributed by atoms with Crippen LogP contribution in [0.2, 0.25) is 0 Å². The fourth-order valence-electron chi connectivity index (χ4n) is 2.15. The number of nitrogens with zero attached hydrogens (tertiary/aromatic N) is 1. The lowest BCUT2D eigenvalue weighted by Crippen LogP contribution is -2.25. The van der Waals surface area contributed by atoms with Crippen molar-refractivity contribution in [2.24, 2.45) is 0 Å². The molecule has 1 fully saturated rings. The van der Waals surface area contributed by atoms with Crippen molar-refractivity contribution in [2.75, 3.05) is 6.54 Å². The lowest BCUT2D eigenvalue weighted by Gasteiger charge is -2.16. The zero-order valence-electron chi connectivity index (χ0n) is 8.03. The average Bonchev–Trinajstić information content (AvgIpc) is 2.67. The van der Waals surface area contributed by atoms with Gasteiger partial charge in [0.25, 0.3) is 0 Å². The van der Waals surface area contributed by atoms with E-state index in [0.29, 0.717) is 12.0 Å². The second-order valence-corrected chi connectivity index (χ2v) is 3.62. The van der Waals surface area contributed by atoms with Crippen LogP contribution in [0.4, 0.5) is 0 Å². The van der Waals surface area contributed by atoms with Crippen molar-refractivity contribution in [3.8, 4) is 0 Å². The Balaban J connectivity index is 2.16. The van der Waals surface area contributed by atoms with Crippen LogP contribution in [0.1, 0.15) is 31.4 Å². The Labute approximate surface area is 79.4 Å². The summed E-state index contributed by atoms with van der Waals surface area (Å²) in [6.07, 6.45) is 4.32. The molecule has 0 aromatic carbocycles. The van der Waals surface area contributed by atoms with E-state index in [2.05, 4.69) is 29.4 Å². The van der Waals surface area contributed by atoms with Crippen LogP contribution in [0.5, 0.6) is 0 Å². The van der Waals surface area contributed by atoms with Crippen LogP contribution in [0.15, 0.2) is 24.4 Å². The topological polar surface area (TPSA) is 24.9 Å². The number of nitrogens with one attached hydrogen (secondary N) is 1. The third kappa shape index (κ3) is 1.73. The molecule has 0 spiro atoms. The molecule has 0 aliphatic carbocycles. The van der Waals surface area contributed by atoms with Gasteiger partial charge in [0.1, 0.15) is 0 Å². The van der Waals surface area contributed by atoms with Gasteiger partial charge >= 0.3 is 0 Å². The number of aromatic nitrogens is 1. The molecule has 1 aliphatic rings. The van der Waals surface area contributed by atoms with Gasteiger partial charge < -0.3 is 5.32 Å². The molecule has 1 aromatic rings. The van der Waals surface area contributed by atoms with E-state index in [4.69, 9.17) is 0 Å². The highest BCUT2D eigenvalue weighted by Crippen LogP contribution is 2.27. The Kier molecular flexibility index (Phi) is 2.60. The second-order valence-electron chi connectivity index (χ2n) is 3.62. The minimum atomic E-state index is 0.631. The number of hydrogen-bond donors (Lipinski definition) is 1. The Bertz CT molecular complexity index is 258. The van der Waals surface area contributed by atoms with Gasteiger partial charge in [-0.25, -0.2) is 0 Å². The van der Waals surface area contributed by atoms with Crippen molar-refractivity contribution in [3.63, 3.8) is 0 Å². The zero-order chi connectivity index (χ0) is 9.10. The summed E-state index contributed by atoms with van der Waals surface area (Å²) in [5.74, 6) is 0.631. The summed E-state index contributed by atoms with van der Waals surface area (Å²) in [5.41, 5.74) is 1.25. The molecule has 13 heavy (non-hydrogen) atoms. The minimum absolute atomic E-state index is 0.631. The summed E-state index contributed by atoms with van der Waals surface area (Å²) in [4.78, 5) is 4.42. The first-order chi connectivity index (χ1) is 6.42. The quantitative estimate of drug-likeness (QED) is 0.745. The van der Waals surface area contributed by atoms with Gasteiger partial charge in [-0.1, -0.05) is 13.0 Å². The maximum absolute atomic E-state index is 4.42. The maximum Gasteiger partial charge on any atom is 0.0450 e. The van der Waals surface area contributed by atoms with Crippen LogP contribution in [0.3, 0.4) is 0 Å². The standard InChI is InChI=1S/C11H16N2/c1-2-10-9(6-8-13-10)11-5-3-4-7-12-11/h3-5,7,9-10,13H,2,6,8H2,1H3. The van der Waals surface area contributed by atoms with Gasteiger partial charge in [-0.3, -0.25) is 4.98 Å². The first-order valence-corrected chi connectivity index (χ1v) is 5.06. The summed E-state index contributed by atoms with van der Waals surface area (Å²) in [5, 5.41) is 3.51. The van der Waals surface area contributed by atoms with E-state index in [1.165, 1.54) is 18.5 Å². The summed E-state index contributed by atoms with van der Waals surface area (Å²) in [6, 6.07) is 6.83. The first kappa shape index (κ1) is 8.70. The molecule has 2 nitrogen and oxygen atoms in total. The third-order valence-corrected chi connectivity index (χ3v) is 2.86. The molecule has 2 atom stereocenters. The predicted molar refractivity (Wildman–Crippen MR) is 53.7 cm³/mol. The molecule has 1 N–H and O–H groups in total. The van der Waals surface area contributed by atoms with Crippen molar-refractivity contribution in [3.05, 3.63) is 30.1 Å². The average molecular weight is 176 g/mol. The van der Waals surface area contributed by atoms with Gasteiger partial charge in [-0.05, 0) is 31.5 Å². The molecule has 2 unspecified atom stereocenters. The second kappa shape index (κ2) is 3.88. The molecule has 1 aromatic heterocycles. The predicted octanol–water partition coefficient (Wildman–Crippen LogP) is 1.94. The lowest BCUT2D eigenvalue weighted by atomic mass is 9.95. The zero-order valence-corrected chi connectivity index (χ0v) is 8.03. The van der Waals surface area contributed by atoms with Gasteiger partial charge in [-0.2, -0.15) is 0 Å². The van der Waals surface area contributed by atoms with Gasteiger partial charge in [0, 0.05) is 23.9 Å². The van der Waals surface area contributed by atoms with Crippen molar-refractivity contribution in [2.45, 2.75) is 31.7 Å². The molecular weight excluding hydrogens is 160 g/mol. The van der Waals surface area contributed by atoms with Crippen LogP contribution in [-0.2, 0) is 0 Å². The summed E-state index contributed by atoms with van der Waals surface area (Å²) >= 11 is 0. The molecular formula is C11H16N2. The summed E-state index contributed by atoms with van der Waals surface area (Å²) < 4.78 is 0. The highest BCUT2D eigenvalue weighted by atomic mass is 15.0. The molecule has 2 heteroatoms. The molecule has 1 saturated heterocycles. The van der Waals surface area contributed by atoms with Gasteiger partial charge in [0.05, 0.1) is 0 Å². The Hall–Kier alpha value is -0.890. The summed E-state index contributed by atoms with van der Waals surface area (Å²) in [6.45, 7) is 3.37. The van der Waals surface area contributed by atoms with Crippen LogP contribution in [0.25, 0.3) is 0 Å². The van der Waals surface area contributed by atoms with E-state index in [-0.39, 0.29) is 0 Å². The van der Waals surface area contributed by atoms with Gasteiger partial charge in [0.2, 0.25) is 0 Å². The Morgan fingerprint density at radius 2 is 2.46 bits per heavy atom. The SMILES string of the molecule is CCC1NCCC1c1ccccn1. The number of hydrogen-bond acceptors (Lipinski definition) is 2. The molecule has 70 valence electrons. The maximum atomic E-state index is 4.42. The highest BCUT2D eigenvalue weighted by molar-refractivity contribution is 5.14. The Morgan fingerprint density at radius 1 is 1.54 bits per heavy atom. The van der Waals surface area contributed by atoms with Crippen LogP contribution in [-0.4, -0.2) is 17.6 Å². The van der Waals surface area contributed by atoms with Crippen LogP contribution >= 0.6 is 0 Å². The largest absolute Gasteiger partial charge is 0.313 e. The molecule has 0 amide bonds. The fraction of sp³-hybridized carbons (Fsp3) is 0.545. The van der Waals surface area contributed by atoms with E-state index in [9.17, 15) is 0 Å². The van der Waals surface area contributed by atoms with Crippen LogP contribution < -0.4 is 5.32 Å². The normalized spacial score (nSPS) is 27.8. The smallest absolute Gasteiger partial charge is 0.0450 e. The Morgan fingerprint density at radius 3 is 3.15 bits per heavy atom. The first-order valence-electron chi connectivity index (χ1n) is 5.06. The third-order valence-electron chi connectivity index (χ3n) is 2.86. The van der Waals surface area contributed by atoms with Gasteiger partial charge in [-0.15, -0.1) is 0 Å². The van der Waals surface area contributed by atoms with Crippen molar-refractivity contribution < 1.29 is 0 Å². The number of pyridine rings is 1. The lowest BCUT2D eigenvalue weighted by molar-refractivity contribution is 0.523. The van der Waals surface area contributed by atoms with E-state index in [1.54, 1.807) is 0 Å². The fourth-order valence-corrected chi connectivity index (χ4v) is 2.15. The molecule has 2 heterocycles. The van der Waals surface area contributed by atoms with Crippen molar-refractivity contribution in [1.29, 1.82) is 0 Å². The van der Waals surface area contributed by atoms with E-state index < -0.39 is 0 Å². The van der Waals surface area contributed by atoms with Crippen molar-refractivity contribution >= 4 is 0 Å². The highest BCUT2D eigenvalue weighted by Gasteiger charge is 2.27. The molecule has 0 bridgehead atoms. The van der Waals surface area contributed by atoms with E-state index in [0.717, 1.165) is 6.54 Å².